The summed E-state index contributed by atoms with van der Waals surface area (Å²) in [5.74, 6) is 1.65. The molecule has 2 aromatic carbocycles. The minimum absolute atomic E-state index is 0.134. The molecule has 30 heavy (non-hydrogen) atoms. The van der Waals surface area contributed by atoms with E-state index in [2.05, 4.69) is 15.4 Å². The number of hydrogen-bond acceptors (Lipinski definition) is 6. The summed E-state index contributed by atoms with van der Waals surface area (Å²) in [6.07, 6.45) is 0.850. The van der Waals surface area contributed by atoms with Gasteiger partial charge in [-0.3, -0.25) is 15.0 Å². The number of carbonyl (C=O) groups excluding carboxylic acids is 1. The average molecular weight is 407 g/mol. The quantitative estimate of drug-likeness (QED) is 0.672. The fraction of sp³-hybridized carbons (Fsp3) is 0.304. The van der Waals surface area contributed by atoms with Gasteiger partial charge in [0.25, 0.3) is 0 Å². The Morgan fingerprint density at radius 3 is 2.50 bits per heavy atom. The number of nitrogens with one attached hydrogen (secondary N) is 1. The van der Waals surface area contributed by atoms with Gasteiger partial charge in [0.2, 0.25) is 11.8 Å². The predicted octanol–water partition coefficient (Wildman–Crippen LogP) is 3.66. The Kier molecular flexibility index (Phi) is 5.72. The second kappa shape index (κ2) is 8.59. The maximum absolute atomic E-state index is 12.5. The number of nitrogens with zero attached hydrogens (tertiary/aromatic N) is 2. The van der Waals surface area contributed by atoms with Crippen LogP contribution in [0.1, 0.15) is 16.7 Å². The molecule has 156 valence electrons. The molecular formula is C23H25N3O4. The molecule has 0 saturated carbocycles. The monoisotopic (exact) mass is 407 g/mol. The number of carbonyl (C=O) groups is 1. The first-order valence-electron chi connectivity index (χ1n) is 9.85. The lowest BCUT2D eigenvalue weighted by atomic mass is 9.99. The van der Waals surface area contributed by atoms with Gasteiger partial charge in [-0.2, -0.15) is 0 Å². The van der Waals surface area contributed by atoms with E-state index in [-0.39, 0.29) is 12.5 Å². The van der Waals surface area contributed by atoms with Crippen molar-refractivity contribution in [1.29, 1.82) is 0 Å². The van der Waals surface area contributed by atoms with Crippen LogP contribution in [-0.4, -0.2) is 43.3 Å². The van der Waals surface area contributed by atoms with Crippen molar-refractivity contribution in [3.63, 3.8) is 0 Å². The molecule has 0 fully saturated rings. The third-order valence-electron chi connectivity index (χ3n) is 5.28. The van der Waals surface area contributed by atoms with Gasteiger partial charge in [0, 0.05) is 24.7 Å². The van der Waals surface area contributed by atoms with Crippen LogP contribution in [0, 0.1) is 6.92 Å². The number of methoxy groups -OCH3 is 2. The number of fused-ring (bicyclic) bond motifs is 1. The summed E-state index contributed by atoms with van der Waals surface area (Å²) in [7, 11) is 3.26. The lowest BCUT2D eigenvalue weighted by Gasteiger charge is -2.28. The molecule has 0 atom stereocenters. The number of aromatic nitrogens is 1. The zero-order valence-corrected chi connectivity index (χ0v) is 17.4. The molecule has 0 radical (unpaired) electrons. The van der Waals surface area contributed by atoms with Gasteiger partial charge in [0.1, 0.15) is 5.69 Å². The zero-order chi connectivity index (χ0) is 21.1. The second-order valence-electron chi connectivity index (χ2n) is 7.43. The first-order valence-corrected chi connectivity index (χ1v) is 9.85. The third-order valence-corrected chi connectivity index (χ3v) is 5.28. The summed E-state index contributed by atoms with van der Waals surface area (Å²) < 4.78 is 16.1. The summed E-state index contributed by atoms with van der Waals surface area (Å²) in [4.78, 5) is 14.6. The van der Waals surface area contributed by atoms with Gasteiger partial charge >= 0.3 is 0 Å². The topological polar surface area (TPSA) is 76.8 Å². The first-order chi connectivity index (χ1) is 14.6. The van der Waals surface area contributed by atoms with Gasteiger partial charge in [-0.15, -0.1) is 0 Å². The molecule has 1 amide bonds. The van der Waals surface area contributed by atoms with Crippen molar-refractivity contribution in [3.05, 3.63) is 59.2 Å². The predicted molar refractivity (Wildman–Crippen MR) is 114 cm³/mol. The van der Waals surface area contributed by atoms with E-state index in [1.165, 1.54) is 11.1 Å². The van der Waals surface area contributed by atoms with E-state index < -0.39 is 0 Å². The van der Waals surface area contributed by atoms with E-state index in [4.69, 9.17) is 14.0 Å². The van der Waals surface area contributed by atoms with Crippen LogP contribution in [0.25, 0.3) is 11.3 Å². The molecule has 2 heterocycles. The highest BCUT2D eigenvalue weighted by Gasteiger charge is 2.21. The number of amides is 1. The number of rotatable bonds is 6. The van der Waals surface area contributed by atoms with Crippen LogP contribution in [0.3, 0.4) is 0 Å². The van der Waals surface area contributed by atoms with Crippen LogP contribution in [-0.2, 0) is 17.8 Å². The summed E-state index contributed by atoms with van der Waals surface area (Å²) in [6.45, 7) is 3.77. The fourth-order valence-corrected chi connectivity index (χ4v) is 3.65. The molecule has 7 nitrogen and oxygen atoms in total. The van der Waals surface area contributed by atoms with Gasteiger partial charge in [-0.05, 0) is 36.6 Å². The van der Waals surface area contributed by atoms with E-state index in [0.29, 0.717) is 23.9 Å². The molecule has 1 aromatic heterocycles. The molecule has 7 heteroatoms. The number of anilines is 1. The van der Waals surface area contributed by atoms with Gasteiger partial charge in [0.15, 0.2) is 11.5 Å². The van der Waals surface area contributed by atoms with Crippen molar-refractivity contribution in [3.8, 4) is 22.8 Å². The van der Waals surface area contributed by atoms with E-state index in [0.717, 1.165) is 29.8 Å². The highest BCUT2D eigenvalue weighted by Crippen LogP contribution is 2.33. The largest absolute Gasteiger partial charge is 0.493 e. The highest BCUT2D eigenvalue weighted by atomic mass is 16.5. The smallest absolute Gasteiger partial charge is 0.240 e. The molecule has 4 rings (SSSR count). The van der Waals surface area contributed by atoms with Crippen molar-refractivity contribution in [1.82, 2.24) is 10.1 Å². The van der Waals surface area contributed by atoms with Crippen LogP contribution in [0.2, 0.25) is 0 Å². The minimum Gasteiger partial charge on any atom is -0.493 e. The average Bonchev–Trinajstić information content (AvgIpc) is 3.21. The normalized spacial score (nSPS) is 13.6. The minimum atomic E-state index is -0.134. The third kappa shape index (κ3) is 4.31. The Balaban J connectivity index is 1.38. The molecule has 0 aliphatic carbocycles. The molecule has 3 aromatic rings. The molecule has 0 bridgehead atoms. The van der Waals surface area contributed by atoms with Crippen LogP contribution in [0.4, 0.5) is 5.88 Å². The zero-order valence-electron chi connectivity index (χ0n) is 17.4. The molecule has 0 spiro atoms. The number of hydrogen-bond donors (Lipinski definition) is 1. The Bertz CT molecular complexity index is 1040. The van der Waals surface area contributed by atoms with E-state index in [1.54, 1.807) is 20.3 Å². The SMILES string of the molecule is COc1cc2c(cc1OC)CN(CC(=O)Nc1cc(-c3ccc(C)cc3)no1)CC2. The van der Waals surface area contributed by atoms with Gasteiger partial charge < -0.3 is 14.0 Å². The highest BCUT2D eigenvalue weighted by molar-refractivity contribution is 5.91. The summed E-state index contributed by atoms with van der Waals surface area (Å²) in [5.41, 5.74) is 5.19. The van der Waals surface area contributed by atoms with Crippen molar-refractivity contribution in [2.24, 2.45) is 0 Å². The lowest BCUT2D eigenvalue weighted by molar-refractivity contribution is -0.117. The summed E-state index contributed by atoms with van der Waals surface area (Å²) in [6, 6.07) is 13.7. The molecule has 0 saturated heterocycles. The number of ether oxygens (including phenoxy) is 2. The van der Waals surface area contributed by atoms with Gasteiger partial charge in [-0.25, -0.2) is 0 Å². The van der Waals surface area contributed by atoms with Crippen LogP contribution in [0.5, 0.6) is 11.5 Å². The van der Waals surface area contributed by atoms with Crippen LogP contribution >= 0.6 is 0 Å². The van der Waals surface area contributed by atoms with Crippen molar-refractivity contribution < 1.29 is 18.8 Å². The molecule has 1 N–H and O–H groups in total. The molecule has 1 aliphatic heterocycles. The van der Waals surface area contributed by atoms with Gasteiger partial charge in [-0.1, -0.05) is 35.0 Å². The van der Waals surface area contributed by atoms with Crippen molar-refractivity contribution >= 4 is 11.8 Å². The van der Waals surface area contributed by atoms with Crippen LogP contribution in [0.15, 0.2) is 47.0 Å². The molecular weight excluding hydrogens is 382 g/mol. The van der Waals surface area contributed by atoms with E-state index in [1.807, 2.05) is 43.3 Å². The molecule has 1 aliphatic rings. The van der Waals surface area contributed by atoms with Crippen molar-refractivity contribution in [2.75, 3.05) is 32.6 Å². The fourth-order valence-electron chi connectivity index (χ4n) is 3.65. The first kappa shape index (κ1) is 20.0. The van der Waals surface area contributed by atoms with E-state index in [9.17, 15) is 4.79 Å². The Hall–Kier alpha value is -3.32. The molecule has 0 unspecified atom stereocenters. The Morgan fingerprint density at radius 2 is 1.80 bits per heavy atom. The summed E-state index contributed by atoms with van der Waals surface area (Å²) >= 11 is 0. The number of benzene rings is 2. The van der Waals surface area contributed by atoms with Gasteiger partial charge in [0.05, 0.1) is 20.8 Å². The standard InChI is InChI=1S/C23H25N3O4/c1-15-4-6-16(7-5-15)19-12-23(30-25-19)24-22(27)14-26-9-8-17-10-20(28-2)21(29-3)11-18(17)13-26/h4-7,10-12H,8-9,13-14H2,1-3H3,(H,24,27). The maximum atomic E-state index is 12.5. The van der Waals surface area contributed by atoms with E-state index >= 15 is 0 Å². The van der Waals surface area contributed by atoms with Crippen LogP contribution < -0.4 is 14.8 Å². The Labute approximate surface area is 175 Å². The Morgan fingerprint density at radius 1 is 1.10 bits per heavy atom. The lowest BCUT2D eigenvalue weighted by Crippen LogP contribution is -2.37. The maximum Gasteiger partial charge on any atom is 0.240 e. The second-order valence-corrected chi connectivity index (χ2v) is 7.43. The number of aryl methyl sites for hydroxylation is 1. The van der Waals surface area contributed by atoms with Crippen molar-refractivity contribution in [2.45, 2.75) is 19.9 Å². The summed E-state index contributed by atoms with van der Waals surface area (Å²) in [5, 5.41) is 6.85.